The first kappa shape index (κ1) is 27.8. The zero-order valence-corrected chi connectivity index (χ0v) is 20.7. The number of aromatic carboxylic acids is 2. The highest BCUT2D eigenvalue weighted by atomic mass is 16.6. The Hall–Kier alpha value is -6.24. The summed E-state index contributed by atoms with van der Waals surface area (Å²) in [6, 6.07) is 18.3. The zero-order valence-electron chi connectivity index (χ0n) is 20.7. The van der Waals surface area contributed by atoms with E-state index < -0.39 is 39.9 Å². The van der Waals surface area contributed by atoms with Crippen LogP contribution in [0.5, 0.6) is 17.2 Å². The van der Waals surface area contributed by atoms with Crippen molar-refractivity contribution in [1.29, 1.82) is 0 Å². The van der Waals surface area contributed by atoms with E-state index in [1.54, 1.807) is 12.1 Å². The van der Waals surface area contributed by atoms with Crippen LogP contribution in [0.1, 0.15) is 41.4 Å². The molecule has 5 N–H and O–H groups in total. The molecule has 0 saturated carbocycles. The summed E-state index contributed by atoms with van der Waals surface area (Å²) in [4.78, 5) is 58.3. The number of amides is 2. The van der Waals surface area contributed by atoms with Gasteiger partial charge in [0, 0.05) is 23.5 Å². The Morgan fingerprint density at radius 1 is 0.634 bits per heavy atom. The number of rotatable bonds is 9. The number of aromatic hydroxyl groups is 1. The maximum absolute atomic E-state index is 12.7. The molecule has 0 aliphatic rings. The third kappa shape index (κ3) is 6.61. The van der Waals surface area contributed by atoms with Gasteiger partial charge in [-0.3, -0.25) is 19.7 Å². The molecule has 0 fully saturated rings. The maximum atomic E-state index is 12.7. The lowest BCUT2D eigenvalue weighted by molar-refractivity contribution is -0.384. The Balaban J connectivity index is 1.41. The number of carbonyl (C=O) groups is 4. The van der Waals surface area contributed by atoms with E-state index in [0.29, 0.717) is 17.2 Å². The fourth-order valence-corrected chi connectivity index (χ4v) is 3.67. The molecule has 13 heteroatoms. The topological polar surface area (TPSA) is 205 Å². The maximum Gasteiger partial charge on any atom is 0.336 e. The van der Waals surface area contributed by atoms with E-state index in [-0.39, 0.29) is 28.1 Å². The molecule has 4 aromatic carbocycles. The predicted molar refractivity (Wildman–Crippen MR) is 144 cm³/mol. The van der Waals surface area contributed by atoms with E-state index in [0.717, 1.165) is 30.3 Å². The van der Waals surface area contributed by atoms with Crippen LogP contribution >= 0.6 is 0 Å². The number of phenolic OH excluding ortho intramolecular Hbond substituents is 1. The summed E-state index contributed by atoms with van der Waals surface area (Å²) in [5.41, 5.74) is -1.07. The van der Waals surface area contributed by atoms with Gasteiger partial charge in [-0.2, -0.15) is 0 Å². The lowest BCUT2D eigenvalue weighted by atomic mass is 10.1. The minimum atomic E-state index is -1.41. The van der Waals surface area contributed by atoms with E-state index in [2.05, 4.69) is 10.6 Å². The summed E-state index contributed by atoms with van der Waals surface area (Å²) in [6.07, 6.45) is 0. The molecular formula is C28H19N3O10. The minimum absolute atomic E-state index is 0.213. The lowest BCUT2D eigenvalue weighted by Crippen LogP contribution is -2.16. The summed E-state index contributed by atoms with van der Waals surface area (Å²) in [5, 5.41) is 44.3. The number of ether oxygens (including phenoxy) is 1. The number of benzene rings is 4. The largest absolute Gasteiger partial charge is 0.508 e. The van der Waals surface area contributed by atoms with E-state index in [1.165, 1.54) is 42.5 Å². The van der Waals surface area contributed by atoms with Crippen LogP contribution in [0.2, 0.25) is 0 Å². The van der Waals surface area contributed by atoms with Gasteiger partial charge >= 0.3 is 11.9 Å². The average Bonchev–Trinajstić information content (AvgIpc) is 2.94. The number of nitrogens with zero attached hydrogens (tertiary/aromatic N) is 1. The van der Waals surface area contributed by atoms with Gasteiger partial charge in [-0.25, -0.2) is 9.59 Å². The third-order valence-electron chi connectivity index (χ3n) is 5.63. The Kier molecular flexibility index (Phi) is 7.90. The summed E-state index contributed by atoms with van der Waals surface area (Å²) in [5.74, 6) is -3.83. The molecule has 0 spiro atoms. The molecule has 4 aromatic rings. The van der Waals surface area contributed by atoms with Crippen LogP contribution in [-0.2, 0) is 0 Å². The van der Waals surface area contributed by atoms with Crippen LogP contribution in [0.15, 0.2) is 84.9 Å². The molecule has 2 amide bonds. The normalized spacial score (nSPS) is 10.3. The van der Waals surface area contributed by atoms with Crippen molar-refractivity contribution in [1.82, 2.24) is 0 Å². The molecule has 206 valence electrons. The fourth-order valence-electron chi connectivity index (χ4n) is 3.67. The highest BCUT2D eigenvalue weighted by molar-refractivity contribution is 6.12. The van der Waals surface area contributed by atoms with E-state index in [9.17, 15) is 44.6 Å². The van der Waals surface area contributed by atoms with Crippen molar-refractivity contribution in [2.75, 3.05) is 10.6 Å². The molecule has 4 rings (SSSR count). The van der Waals surface area contributed by atoms with Crippen molar-refractivity contribution >= 4 is 40.8 Å². The van der Waals surface area contributed by atoms with Crippen LogP contribution in [0.25, 0.3) is 0 Å². The number of non-ortho nitro benzene ring substituents is 1. The Labute approximate surface area is 230 Å². The molecule has 0 aliphatic heterocycles. The molecule has 0 saturated heterocycles. The van der Waals surface area contributed by atoms with Crippen LogP contribution in [0.3, 0.4) is 0 Å². The highest BCUT2D eigenvalue weighted by Crippen LogP contribution is 2.26. The first-order valence-corrected chi connectivity index (χ1v) is 11.6. The van der Waals surface area contributed by atoms with Crippen LogP contribution in [0, 0.1) is 10.1 Å². The predicted octanol–water partition coefficient (Wildman–Crippen LogP) is 4.99. The van der Waals surface area contributed by atoms with Gasteiger partial charge in [0.1, 0.15) is 17.2 Å². The number of nitro benzene ring substituents is 1. The first-order chi connectivity index (χ1) is 19.5. The number of hydrogen-bond donors (Lipinski definition) is 5. The second-order valence-corrected chi connectivity index (χ2v) is 8.39. The quantitative estimate of drug-likeness (QED) is 0.138. The number of hydrogen-bond acceptors (Lipinski definition) is 8. The van der Waals surface area contributed by atoms with Gasteiger partial charge in [-0.15, -0.1) is 0 Å². The van der Waals surface area contributed by atoms with Gasteiger partial charge in [0.05, 0.1) is 27.2 Å². The number of phenols is 1. The molecule has 0 radical (unpaired) electrons. The number of carbonyl (C=O) groups excluding carboxylic acids is 2. The highest BCUT2D eigenvalue weighted by Gasteiger charge is 2.21. The SMILES string of the molecule is O=C(O)c1ccc(O)cc1C(=O)Nc1ccc(Oc2ccc(NC(=O)c3cc([N+](=O)[O-])ccc3C(=O)O)cc2)cc1. The molecule has 0 unspecified atom stereocenters. The summed E-state index contributed by atoms with van der Waals surface area (Å²) in [7, 11) is 0. The molecule has 0 aromatic heterocycles. The summed E-state index contributed by atoms with van der Waals surface area (Å²) >= 11 is 0. The summed E-state index contributed by atoms with van der Waals surface area (Å²) < 4.78 is 5.74. The molecule has 0 atom stereocenters. The van der Waals surface area contributed by atoms with E-state index >= 15 is 0 Å². The number of carboxylic acids is 2. The molecule has 0 heterocycles. The minimum Gasteiger partial charge on any atom is -0.508 e. The standard InChI is InChI=1S/C28H19N3O10/c32-18-6-12-22(28(37)38)24(14-18)26(34)30-16-3-9-20(10-4-16)41-19-7-1-15(2-8-19)29-25(33)23-13-17(31(39)40)5-11-21(23)27(35)36/h1-14,32H,(H,29,33)(H,30,34)(H,35,36)(H,37,38). The molecular weight excluding hydrogens is 538 g/mol. The monoisotopic (exact) mass is 557 g/mol. The van der Waals surface area contributed by atoms with Crippen molar-refractivity contribution in [3.63, 3.8) is 0 Å². The zero-order chi connectivity index (χ0) is 29.7. The van der Waals surface area contributed by atoms with Gasteiger partial charge in [0.15, 0.2) is 0 Å². The number of nitro groups is 1. The third-order valence-corrected chi connectivity index (χ3v) is 5.63. The number of nitrogens with one attached hydrogen (secondary N) is 2. The van der Waals surface area contributed by atoms with Crippen LogP contribution < -0.4 is 15.4 Å². The van der Waals surface area contributed by atoms with Crippen molar-refractivity contribution in [2.45, 2.75) is 0 Å². The molecule has 0 bridgehead atoms. The van der Waals surface area contributed by atoms with Crippen molar-refractivity contribution < 1.29 is 44.2 Å². The second-order valence-electron chi connectivity index (χ2n) is 8.39. The van der Waals surface area contributed by atoms with Crippen LogP contribution in [0.4, 0.5) is 17.1 Å². The van der Waals surface area contributed by atoms with Gasteiger partial charge < -0.3 is 30.7 Å². The Morgan fingerprint density at radius 2 is 1.07 bits per heavy atom. The molecule has 13 nitrogen and oxygen atoms in total. The van der Waals surface area contributed by atoms with E-state index in [1.807, 2.05) is 0 Å². The Bertz CT molecular complexity index is 1680. The second kappa shape index (κ2) is 11.7. The molecule has 41 heavy (non-hydrogen) atoms. The van der Waals surface area contributed by atoms with Gasteiger partial charge in [-0.1, -0.05) is 0 Å². The van der Waals surface area contributed by atoms with E-state index in [4.69, 9.17) is 4.74 Å². The van der Waals surface area contributed by atoms with Gasteiger partial charge in [0.2, 0.25) is 0 Å². The van der Waals surface area contributed by atoms with Crippen molar-refractivity contribution in [3.05, 3.63) is 117 Å². The lowest BCUT2D eigenvalue weighted by Gasteiger charge is -2.11. The smallest absolute Gasteiger partial charge is 0.336 e. The van der Waals surface area contributed by atoms with Crippen molar-refractivity contribution in [3.8, 4) is 17.2 Å². The first-order valence-electron chi connectivity index (χ1n) is 11.6. The number of anilines is 2. The molecule has 0 aliphatic carbocycles. The Morgan fingerprint density at radius 3 is 1.51 bits per heavy atom. The van der Waals surface area contributed by atoms with Crippen LogP contribution in [-0.4, -0.2) is 44.0 Å². The average molecular weight is 557 g/mol. The van der Waals surface area contributed by atoms with Gasteiger partial charge in [-0.05, 0) is 72.8 Å². The van der Waals surface area contributed by atoms with Gasteiger partial charge in [0.25, 0.3) is 17.5 Å². The fraction of sp³-hybridized carbons (Fsp3) is 0. The van der Waals surface area contributed by atoms with Crippen molar-refractivity contribution in [2.24, 2.45) is 0 Å². The summed E-state index contributed by atoms with van der Waals surface area (Å²) in [6.45, 7) is 0. The number of carboxylic acid groups (broad SMARTS) is 2.